The van der Waals surface area contributed by atoms with Gasteiger partial charge >= 0.3 is 6.09 Å². The van der Waals surface area contributed by atoms with Crippen molar-refractivity contribution in [3.63, 3.8) is 0 Å². The molecule has 194 valence electrons. The van der Waals surface area contributed by atoms with Crippen LogP contribution in [0.15, 0.2) is 47.4 Å². The smallest absolute Gasteiger partial charge is 0.408 e. The van der Waals surface area contributed by atoms with Gasteiger partial charge in [0.1, 0.15) is 11.6 Å². The van der Waals surface area contributed by atoms with E-state index < -0.39 is 39.2 Å². The molecule has 0 saturated heterocycles. The Balaban J connectivity index is 2.10. The zero-order chi connectivity index (χ0) is 26.8. The van der Waals surface area contributed by atoms with Gasteiger partial charge in [-0.15, -0.1) is 0 Å². The maximum absolute atomic E-state index is 13.7. The first-order valence-electron chi connectivity index (χ1n) is 11.6. The van der Waals surface area contributed by atoms with Gasteiger partial charge in [0.2, 0.25) is 0 Å². The van der Waals surface area contributed by atoms with Crippen molar-refractivity contribution in [2.45, 2.75) is 64.1 Å². The molecule has 0 bridgehead atoms. The molecule has 10 heteroatoms. The Morgan fingerprint density at radius 2 is 1.78 bits per heavy atom. The molecule has 0 saturated carbocycles. The van der Waals surface area contributed by atoms with E-state index in [2.05, 4.69) is 5.32 Å². The molecule has 2 aromatic rings. The number of carbonyl (C=O) groups excluding carboxylic acids is 3. The summed E-state index contributed by atoms with van der Waals surface area (Å²) in [6.07, 6.45) is -0.624. The van der Waals surface area contributed by atoms with E-state index in [9.17, 15) is 22.8 Å². The second-order valence-electron chi connectivity index (χ2n) is 10.2. The number of hydrogen-bond acceptors (Lipinski definition) is 6. The lowest BCUT2D eigenvalue weighted by molar-refractivity contribution is -0.120. The van der Waals surface area contributed by atoms with Gasteiger partial charge in [-0.25, -0.2) is 13.2 Å². The van der Waals surface area contributed by atoms with Gasteiger partial charge in [-0.3, -0.25) is 9.59 Å². The first-order valence-corrected chi connectivity index (χ1v) is 13.6. The van der Waals surface area contributed by atoms with E-state index in [0.29, 0.717) is 16.1 Å². The fourth-order valence-electron chi connectivity index (χ4n) is 3.83. The maximum Gasteiger partial charge on any atom is 0.408 e. The Kier molecular flexibility index (Phi) is 8.15. The van der Waals surface area contributed by atoms with Crippen LogP contribution in [0.25, 0.3) is 0 Å². The topological polar surface area (TPSA) is 110 Å². The second-order valence-corrected chi connectivity index (χ2v) is 12.7. The number of sulfone groups is 1. The Morgan fingerprint density at radius 3 is 2.36 bits per heavy atom. The number of nitrogens with one attached hydrogen (secondary N) is 1. The number of benzene rings is 2. The van der Waals surface area contributed by atoms with Crippen LogP contribution in [0.5, 0.6) is 0 Å². The van der Waals surface area contributed by atoms with Crippen LogP contribution in [0, 0.1) is 5.92 Å². The number of amides is 2. The Labute approximate surface area is 216 Å². The van der Waals surface area contributed by atoms with Crippen LogP contribution < -0.4 is 10.2 Å². The first-order chi connectivity index (χ1) is 16.7. The monoisotopic (exact) mass is 534 g/mol. The second kappa shape index (κ2) is 10.6. The average Bonchev–Trinajstić information content (AvgIpc) is 2.82. The molecule has 1 aliphatic rings. The van der Waals surface area contributed by atoms with Crippen LogP contribution in [0.1, 0.15) is 57.0 Å². The predicted octanol–water partition coefficient (Wildman–Crippen LogP) is 4.78. The van der Waals surface area contributed by atoms with Crippen LogP contribution in [0.2, 0.25) is 5.02 Å². The minimum atomic E-state index is -4.01. The predicted molar refractivity (Wildman–Crippen MR) is 138 cm³/mol. The number of halogens is 1. The molecule has 2 aromatic carbocycles. The Morgan fingerprint density at radius 1 is 1.14 bits per heavy atom. The van der Waals surface area contributed by atoms with E-state index >= 15 is 0 Å². The molecule has 36 heavy (non-hydrogen) atoms. The summed E-state index contributed by atoms with van der Waals surface area (Å²) in [6.45, 7) is 8.82. The number of anilines is 1. The summed E-state index contributed by atoms with van der Waals surface area (Å²) >= 11 is 6.00. The third-order valence-corrected chi connectivity index (χ3v) is 7.44. The Hall–Kier alpha value is -2.91. The molecule has 2 amide bonds. The quantitative estimate of drug-likeness (QED) is 0.534. The van der Waals surface area contributed by atoms with Gasteiger partial charge in [0.25, 0.3) is 5.91 Å². The summed E-state index contributed by atoms with van der Waals surface area (Å²) in [5.74, 6) is -1.33. The molecule has 8 nitrogen and oxygen atoms in total. The van der Waals surface area contributed by atoms with E-state index in [0.717, 1.165) is 0 Å². The average molecular weight is 535 g/mol. The summed E-state index contributed by atoms with van der Waals surface area (Å²) in [6, 6.07) is 9.65. The number of nitrogens with zero attached hydrogens (tertiary/aromatic N) is 1. The minimum absolute atomic E-state index is 0.00679. The van der Waals surface area contributed by atoms with Gasteiger partial charge in [-0.05, 0) is 62.6 Å². The molecular weight excluding hydrogens is 504 g/mol. The van der Waals surface area contributed by atoms with E-state index in [4.69, 9.17) is 16.3 Å². The third kappa shape index (κ3) is 6.85. The number of ether oxygens (including phenoxy) is 1. The van der Waals surface area contributed by atoms with Gasteiger partial charge in [0.05, 0.1) is 22.9 Å². The lowest BCUT2D eigenvalue weighted by atomic mass is 10.0. The van der Waals surface area contributed by atoms with Crippen molar-refractivity contribution in [2.24, 2.45) is 5.92 Å². The molecule has 0 spiro atoms. The number of Topliss-reactive ketones (excluding diaryl/α,β-unsaturated/α-hetero) is 1. The van der Waals surface area contributed by atoms with Crippen molar-refractivity contribution in [3.05, 3.63) is 58.6 Å². The van der Waals surface area contributed by atoms with Gasteiger partial charge in [-0.1, -0.05) is 37.6 Å². The molecule has 0 aromatic heterocycles. The molecular formula is C26H31ClN2O6S. The summed E-state index contributed by atoms with van der Waals surface area (Å²) in [5.41, 5.74) is 0.255. The van der Waals surface area contributed by atoms with Crippen LogP contribution in [-0.2, 0) is 25.9 Å². The highest BCUT2D eigenvalue weighted by molar-refractivity contribution is 7.91. The number of hydrogen-bond donors (Lipinski definition) is 1. The molecule has 3 rings (SSSR count). The summed E-state index contributed by atoms with van der Waals surface area (Å²) in [7, 11) is -4.01. The van der Waals surface area contributed by atoms with Crippen LogP contribution in [-0.4, -0.2) is 43.6 Å². The van der Waals surface area contributed by atoms with Crippen molar-refractivity contribution in [1.29, 1.82) is 0 Å². The zero-order valence-electron chi connectivity index (χ0n) is 21.0. The van der Waals surface area contributed by atoms with Crippen molar-refractivity contribution in [3.8, 4) is 0 Å². The molecule has 1 atom stereocenters. The Bertz CT molecular complexity index is 1270. The fourth-order valence-corrected chi connectivity index (χ4v) is 5.56. The number of fused-ring (bicyclic) bond motifs is 1. The number of ketones is 1. The van der Waals surface area contributed by atoms with Gasteiger partial charge in [-0.2, -0.15) is 0 Å². The van der Waals surface area contributed by atoms with E-state index in [-0.39, 0.29) is 35.2 Å². The highest BCUT2D eigenvalue weighted by atomic mass is 35.5. The first kappa shape index (κ1) is 27.7. The largest absolute Gasteiger partial charge is 0.444 e. The number of alkyl carbamates (subject to hydrolysis) is 1. The molecule has 0 radical (unpaired) electrons. The van der Waals surface area contributed by atoms with E-state index in [1.807, 2.05) is 13.8 Å². The van der Waals surface area contributed by atoms with Crippen LogP contribution in [0.3, 0.4) is 0 Å². The van der Waals surface area contributed by atoms with Crippen molar-refractivity contribution >= 4 is 44.9 Å². The lowest BCUT2D eigenvalue weighted by Gasteiger charge is -2.27. The molecule has 1 heterocycles. The number of carbonyl (C=O) groups is 3. The highest BCUT2D eigenvalue weighted by Crippen LogP contribution is 2.33. The third-order valence-electron chi connectivity index (χ3n) is 5.40. The lowest BCUT2D eigenvalue weighted by Crippen LogP contribution is -2.51. The van der Waals surface area contributed by atoms with Crippen molar-refractivity contribution in [1.82, 2.24) is 5.32 Å². The maximum atomic E-state index is 13.7. The SMILES string of the molecule is CC(C)CC(=O)c1ccc2c(c1)N(Cc1ccc(Cl)cc1)C(=O)[C@@H](NC(=O)OC(C)(C)C)CS2(=O)=O. The van der Waals surface area contributed by atoms with Crippen molar-refractivity contribution < 1.29 is 27.5 Å². The van der Waals surface area contributed by atoms with Gasteiger partial charge in [0, 0.05) is 17.0 Å². The standard InChI is InChI=1S/C26H31ClN2O6S/c1-16(2)12-22(30)18-8-11-23-21(13-18)29(14-17-6-9-19(27)10-7-17)24(31)20(15-36(23,33)34)28-25(32)35-26(3,4)5/h6-11,13,16,20H,12,14-15H2,1-5H3,(H,28,32)/t20-/m0/s1. The highest BCUT2D eigenvalue weighted by Gasteiger charge is 2.39. The fraction of sp³-hybridized carbons (Fsp3) is 0.423. The zero-order valence-corrected chi connectivity index (χ0v) is 22.6. The van der Waals surface area contributed by atoms with Crippen LogP contribution in [0.4, 0.5) is 10.5 Å². The summed E-state index contributed by atoms with van der Waals surface area (Å²) in [5, 5.41) is 2.93. The minimum Gasteiger partial charge on any atom is -0.444 e. The molecule has 0 aliphatic carbocycles. The molecule has 0 fully saturated rings. The van der Waals surface area contributed by atoms with Crippen molar-refractivity contribution in [2.75, 3.05) is 10.7 Å². The molecule has 1 aliphatic heterocycles. The summed E-state index contributed by atoms with van der Waals surface area (Å²) in [4.78, 5) is 40.1. The normalized spacial score (nSPS) is 17.4. The van der Waals surface area contributed by atoms with E-state index in [1.165, 1.54) is 23.1 Å². The number of rotatable bonds is 6. The summed E-state index contributed by atoms with van der Waals surface area (Å²) < 4.78 is 31.9. The molecule has 0 unspecified atom stereocenters. The van der Waals surface area contributed by atoms with Gasteiger partial charge < -0.3 is 15.0 Å². The molecule has 1 N–H and O–H groups in total. The van der Waals surface area contributed by atoms with Crippen LogP contribution >= 0.6 is 11.6 Å². The van der Waals surface area contributed by atoms with E-state index in [1.54, 1.807) is 45.0 Å². The van der Waals surface area contributed by atoms with Gasteiger partial charge in [0.15, 0.2) is 15.6 Å².